The van der Waals surface area contributed by atoms with Crippen LogP contribution in [0.1, 0.15) is 16.2 Å². The summed E-state index contributed by atoms with van der Waals surface area (Å²) in [6.07, 6.45) is 3.81. The molecule has 0 fully saturated rings. The molecule has 0 radical (unpaired) electrons. The Kier molecular flexibility index (Phi) is 5.43. The Morgan fingerprint density at radius 3 is 2.85 bits per heavy atom. The summed E-state index contributed by atoms with van der Waals surface area (Å²) in [4.78, 5) is 20.3. The lowest BCUT2D eigenvalue weighted by atomic mass is 10.1. The molecule has 0 saturated heterocycles. The monoisotopic (exact) mass is 354 g/mol. The number of hydrogen-bond acceptors (Lipinski definition) is 7. The number of hydrogen-bond donors (Lipinski definition) is 1. The highest BCUT2D eigenvalue weighted by Gasteiger charge is 2.16. The van der Waals surface area contributed by atoms with Crippen molar-refractivity contribution in [1.82, 2.24) is 20.4 Å². The number of methoxy groups -OCH3 is 2. The number of carbonyl (C=O) groups excluding carboxylic acids is 1. The van der Waals surface area contributed by atoms with E-state index in [2.05, 4.69) is 20.4 Å². The SMILES string of the molecule is COc1ccc(OC)c(CCNC(=O)c2nc(-c3cccnc3)no2)c1. The average Bonchev–Trinajstić information content (AvgIpc) is 3.19. The molecule has 0 aliphatic rings. The maximum Gasteiger partial charge on any atom is 0.316 e. The summed E-state index contributed by atoms with van der Waals surface area (Å²) in [6, 6.07) is 9.06. The van der Waals surface area contributed by atoms with Gasteiger partial charge in [-0.3, -0.25) is 9.78 Å². The second-order valence-corrected chi connectivity index (χ2v) is 5.35. The summed E-state index contributed by atoms with van der Waals surface area (Å²) >= 11 is 0. The lowest BCUT2D eigenvalue weighted by molar-refractivity contribution is 0.0910. The zero-order valence-electron chi connectivity index (χ0n) is 14.4. The van der Waals surface area contributed by atoms with Gasteiger partial charge in [-0.1, -0.05) is 5.16 Å². The van der Waals surface area contributed by atoms with Gasteiger partial charge in [0.05, 0.1) is 14.2 Å². The molecule has 0 spiro atoms. The molecule has 0 saturated carbocycles. The maximum absolute atomic E-state index is 12.2. The minimum Gasteiger partial charge on any atom is -0.497 e. The van der Waals surface area contributed by atoms with E-state index < -0.39 is 5.91 Å². The predicted molar refractivity (Wildman–Crippen MR) is 93.1 cm³/mol. The first kappa shape index (κ1) is 17.4. The van der Waals surface area contributed by atoms with E-state index in [1.165, 1.54) is 0 Å². The number of benzene rings is 1. The van der Waals surface area contributed by atoms with Gasteiger partial charge in [-0.15, -0.1) is 0 Å². The smallest absolute Gasteiger partial charge is 0.316 e. The number of pyridine rings is 1. The van der Waals surface area contributed by atoms with Gasteiger partial charge in [-0.2, -0.15) is 4.98 Å². The van der Waals surface area contributed by atoms with Crippen LogP contribution in [0.2, 0.25) is 0 Å². The number of amides is 1. The second kappa shape index (κ2) is 8.11. The van der Waals surface area contributed by atoms with Crippen LogP contribution >= 0.6 is 0 Å². The van der Waals surface area contributed by atoms with Crippen LogP contribution < -0.4 is 14.8 Å². The third kappa shape index (κ3) is 3.97. The van der Waals surface area contributed by atoms with Crippen LogP contribution in [0, 0.1) is 0 Å². The molecule has 1 aromatic carbocycles. The maximum atomic E-state index is 12.2. The van der Waals surface area contributed by atoms with E-state index in [1.54, 1.807) is 38.7 Å². The molecule has 0 aliphatic heterocycles. The largest absolute Gasteiger partial charge is 0.497 e. The molecule has 26 heavy (non-hydrogen) atoms. The van der Waals surface area contributed by atoms with Crippen molar-refractivity contribution in [3.8, 4) is 22.9 Å². The van der Waals surface area contributed by atoms with Crippen LogP contribution in [-0.4, -0.2) is 41.8 Å². The molecule has 8 heteroatoms. The van der Waals surface area contributed by atoms with Crippen LogP contribution in [-0.2, 0) is 6.42 Å². The molecule has 3 aromatic rings. The van der Waals surface area contributed by atoms with Crippen molar-refractivity contribution in [2.75, 3.05) is 20.8 Å². The summed E-state index contributed by atoms with van der Waals surface area (Å²) in [7, 11) is 3.20. The van der Waals surface area contributed by atoms with Crippen LogP contribution in [0.4, 0.5) is 0 Å². The Labute approximate surface area is 150 Å². The fourth-order valence-corrected chi connectivity index (χ4v) is 2.39. The van der Waals surface area contributed by atoms with E-state index in [0.717, 1.165) is 17.1 Å². The van der Waals surface area contributed by atoms with Crippen LogP contribution in [0.3, 0.4) is 0 Å². The van der Waals surface area contributed by atoms with Gasteiger partial charge in [0.1, 0.15) is 11.5 Å². The van der Waals surface area contributed by atoms with Crippen molar-refractivity contribution >= 4 is 5.91 Å². The first-order valence-electron chi connectivity index (χ1n) is 7.94. The minimum atomic E-state index is -0.436. The van der Waals surface area contributed by atoms with Gasteiger partial charge in [0, 0.05) is 24.5 Å². The molecule has 1 N–H and O–H groups in total. The molecule has 3 rings (SSSR count). The first-order chi connectivity index (χ1) is 12.7. The molecule has 2 heterocycles. The lowest BCUT2D eigenvalue weighted by Gasteiger charge is -2.10. The molecule has 0 aliphatic carbocycles. The zero-order valence-corrected chi connectivity index (χ0v) is 14.4. The number of ether oxygens (including phenoxy) is 2. The Bertz CT molecular complexity index is 880. The molecule has 0 unspecified atom stereocenters. The topological polar surface area (TPSA) is 99.4 Å². The standard InChI is InChI=1S/C18H18N4O4/c1-24-14-5-6-15(25-2)12(10-14)7-9-20-17(23)18-21-16(22-26-18)13-4-3-8-19-11-13/h3-6,8,10-11H,7,9H2,1-2H3,(H,20,23). The van der Waals surface area contributed by atoms with Crippen molar-refractivity contribution in [3.05, 3.63) is 54.2 Å². The lowest BCUT2D eigenvalue weighted by Crippen LogP contribution is -2.26. The van der Waals surface area contributed by atoms with Crippen molar-refractivity contribution in [3.63, 3.8) is 0 Å². The number of rotatable bonds is 7. The molecule has 1 amide bonds. The minimum absolute atomic E-state index is 0.0959. The molecular formula is C18H18N4O4. The summed E-state index contributed by atoms with van der Waals surface area (Å²) < 4.78 is 15.6. The number of aromatic nitrogens is 3. The second-order valence-electron chi connectivity index (χ2n) is 5.35. The summed E-state index contributed by atoms with van der Waals surface area (Å²) in [5.74, 6) is 1.25. The van der Waals surface area contributed by atoms with Gasteiger partial charge in [0.15, 0.2) is 0 Å². The summed E-state index contributed by atoms with van der Waals surface area (Å²) in [6.45, 7) is 0.382. The van der Waals surface area contributed by atoms with Crippen LogP contribution in [0.25, 0.3) is 11.4 Å². The van der Waals surface area contributed by atoms with Gasteiger partial charge in [-0.05, 0) is 42.3 Å². The van der Waals surface area contributed by atoms with Crippen molar-refractivity contribution in [2.24, 2.45) is 0 Å². The van der Waals surface area contributed by atoms with Gasteiger partial charge >= 0.3 is 11.8 Å². The summed E-state index contributed by atoms with van der Waals surface area (Å²) in [5, 5.41) is 6.55. The molecule has 134 valence electrons. The van der Waals surface area contributed by atoms with Gasteiger partial charge < -0.3 is 19.3 Å². The van der Waals surface area contributed by atoms with Crippen molar-refractivity contribution < 1.29 is 18.8 Å². The van der Waals surface area contributed by atoms with Crippen molar-refractivity contribution in [2.45, 2.75) is 6.42 Å². The average molecular weight is 354 g/mol. The molecule has 0 bridgehead atoms. The third-order valence-corrected chi connectivity index (χ3v) is 3.71. The first-order valence-corrected chi connectivity index (χ1v) is 7.94. The van der Waals surface area contributed by atoms with Crippen LogP contribution in [0.5, 0.6) is 11.5 Å². The highest BCUT2D eigenvalue weighted by Crippen LogP contribution is 2.24. The number of nitrogens with one attached hydrogen (secondary N) is 1. The van der Waals surface area contributed by atoms with E-state index >= 15 is 0 Å². The number of nitrogens with zero attached hydrogens (tertiary/aromatic N) is 3. The predicted octanol–water partition coefficient (Wildman–Crippen LogP) is 2.12. The molecule has 0 atom stereocenters. The third-order valence-electron chi connectivity index (χ3n) is 3.71. The van der Waals surface area contributed by atoms with Gasteiger partial charge in [-0.25, -0.2) is 0 Å². The number of carbonyl (C=O) groups is 1. The van der Waals surface area contributed by atoms with E-state index in [0.29, 0.717) is 24.4 Å². The Hall–Kier alpha value is -3.42. The van der Waals surface area contributed by atoms with Crippen LogP contribution in [0.15, 0.2) is 47.2 Å². The van der Waals surface area contributed by atoms with Gasteiger partial charge in [0.2, 0.25) is 5.82 Å². The molecule has 8 nitrogen and oxygen atoms in total. The molecule has 2 aromatic heterocycles. The molecular weight excluding hydrogens is 336 g/mol. The van der Waals surface area contributed by atoms with Crippen molar-refractivity contribution in [1.29, 1.82) is 0 Å². The highest BCUT2D eigenvalue weighted by molar-refractivity contribution is 5.89. The van der Waals surface area contributed by atoms with E-state index in [1.807, 2.05) is 18.2 Å². The highest BCUT2D eigenvalue weighted by atomic mass is 16.5. The van der Waals surface area contributed by atoms with Gasteiger partial charge in [0.25, 0.3) is 0 Å². The summed E-state index contributed by atoms with van der Waals surface area (Å²) in [5.41, 5.74) is 1.60. The Balaban J connectivity index is 1.61. The van der Waals surface area contributed by atoms with E-state index in [4.69, 9.17) is 14.0 Å². The zero-order chi connectivity index (χ0) is 18.4. The van der Waals surface area contributed by atoms with E-state index in [9.17, 15) is 4.79 Å². The Morgan fingerprint density at radius 1 is 1.23 bits per heavy atom. The fraction of sp³-hybridized carbons (Fsp3) is 0.222. The quantitative estimate of drug-likeness (QED) is 0.694. The fourth-order valence-electron chi connectivity index (χ4n) is 2.39. The van der Waals surface area contributed by atoms with E-state index in [-0.39, 0.29) is 5.89 Å². The normalized spacial score (nSPS) is 10.4. The Morgan fingerprint density at radius 2 is 2.12 bits per heavy atom.